The number of ketones is 1. The minimum Gasteiger partial charge on any atom is -0.392 e. The van der Waals surface area contributed by atoms with Crippen LogP contribution in [0.2, 0.25) is 0 Å². The monoisotopic (exact) mass is 534 g/mol. The van der Waals surface area contributed by atoms with Gasteiger partial charge in [0.25, 0.3) is 0 Å². The zero-order valence-electron chi connectivity index (χ0n) is 20.1. The van der Waals surface area contributed by atoms with Crippen LogP contribution in [0.25, 0.3) is 0 Å². The summed E-state index contributed by atoms with van der Waals surface area (Å²) < 4.78 is 1.98. The summed E-state index contributed by atoms with van der Waals surface area (Å²) >= 11 is 2.19. The molecule has 30 heavy (non-hydrogen) atoms. The molecule has 5 atom stereocenters. The molecule has 0 aromatic rings. The minimum absolute atomic E-state index is 0.0381. The van der Waals surface area contributed by atoms with Crippen molar-refractivity contribution in [3.05, 3.63) is 9.66 Å². The van der Waals surface area contributed by atoms with Gasteiger partial charge in [-0.15, -0.1) is 0 Å². The number of carbonyl (C=O) groups excluding carboxylic acids is 2. The summed E-state index contributed by atoms with van der Waals surface area (Å²) in [5.41, 5.74) is 0.0534. The predicted molar refractivity (Wildman–Crippen MR) is 133 cm³/mol. The fourth-order valence-corrected chi connectivity index (χ4v) is 4.60. The van der Waals surface area contributed by atoms with E-state index in [2.05, 4.69) is 60.9 Å². The van der Waals surface area contributed by atoms with Gasteiger partial charge in [-0.1, -0.05) is 70.1 Å². The van der Waals surface area contributed by atoms with Crippen LogP contribution in [0.1, 0.15) is 81.1 Å². The Labute approximate surface area is 197 Å². The van der Waals surface area contributed by atoms with Gasteiger partial charge >= 0.3 is 0 Å². The first-order valence-electron chi connectivity index (χ1n) is 11.3. The van der Waals surface area contributed by atoms with E-state index in [1.807, 2.05) is 17.9 Å². The quantitative estimate of drug-likeness (QED) is 0.430. The van der Waals surface area contributed by atoms with E-state index in [0.29, 0.717) is 12.5 Å². The number of rotatable bonds is 1. The minimum atomic E-state index is -1.02. The summed E-state index contributed by atoms with van der Waals surface area (Å²) in [5, 5.41) is 17.5. The standard InChI is InChI=1S/C24H43IN2O3/c1-15-10-9-11-23(5,6)26-14-19(16(2)13-25)27-21(29)12-20(28)24(7,8)22(30)18(4)17(15)3/h13,15,17-20,26,28H,9-12,14H2,1-8H3,(H,27,29)/b16-13+/t15-,17-,18+,19-,20-/m0/s1. The van der Waals surface area contributed by atoms with Crippen LogP contribution in [-0.4, -0.2) is 41.0 Å². The van der Waals surface area contributed by atoms with Gasteiger partial charge in [-0.2, -0.15) is 0 Å². The van der Waals surface area contributed by atoms with Crippen LogP contribution in [-0.2, 0) is 9.59 Å². The topological polar surface area (TPSA) is 78.4 Å². The molecule has 1 saturated heterocycles. The van der Waals surface area contributed by atoms with E-state index in [-0.39, 0.29) is 41.5 Å². The van der Waals surface area contributed by atoms with Gasteiger partial charge in [0.1, 0.15) is 5.78 Å². The van der Waals surface area contributed by atoms with Gasteiger partial charge in [0, 0.05) is 18.0 Å². The highest BCUT2D eigenvalue weighted by molar-refractivity contribution is 14.1. The van der Waals surface area contributed by atoms with E-state index in [4.69, 9.17) is 0 Å². The Balaban J connectivity index is 3.17. The number of Topliss-reactive ketones (excluding diaryl/α,β-unsaturated/α-hetero) is 1. The summed E-state index contributed by atoms with van der Waals surface area (Å²) in [6.07, 6.45) is 2.08. The van der Waals surface area contributed by atoms with Crippen LogP contribution in [0.15, 0.2) is 9.66 Å². The molecule has 6 heteroatoms. The Morgan fingerprint density at radius 3 is 2.33 bits per heavy atom. The van der Waals surface area contributed by atoms with Gasteiger partial charge in [-0.05, 0) is 48.7 Å². The number of hydrogen-bond donors (Lipinski definition) is 3. The second-order valence-electron chi connectivity index (χ2n) is 10.6. The first-order chi connectivity index (χ1) is 13.7. The Morgan fingerprint density at radius 2 is 1.77 bits per heavy atom. The molecule has 5 nitrogen and oxygen atoms in total. The maximum atomic E-state index is 13.2. The van der Waals surface area contributed by atoms with Gasteiger partial charge in [-0.25, -0.2) is 0 Å². The van der Waals surface area contributed by atoms with Crippen molar-refractivity contribution in [1.29, 1.82) is 0 Å². The van der Waals surface area contributed by atoms with Crippen LogP contribution in [0.3, 0.4) is 0 Å². The van der Waals surface area contributed by atoms with Gasteiger partial charge in [0.2, 0.25) is 5.91 Å². The molecule has 0 aliphatic carbocycles. The predicted octanol–water partition coefficient (Wildman–Crippen LogP) is 4.62. The second kappa shape index (κ2) is 11.4. The van der Waals surface area contributed by atoms with E-state index < -0.39 is 11.5 Å². The molecule has 1 aliphatic heterocycles. The van der Waals surface area contributed by atoms with Crippen molar-refractivity contribution in [2.45, 2.75) is 98.8 Å². The molecule has 0 saturated carbocycles. The summed E-state index contributed by atoms with van der Waals surface area (Å²) in [6, 6.07) is -0.148. The number of carbonyl (C=O) groups is 2. The molecule has 0 radical (unpaired) electrons. The Kier molecular flexibility index (Phi) is 10.5. The maximum Gasteiger partial charge on any atom is 0.223 e. The summed E-state index contributed by atoms with van der Waals surface area (Å²) in [5.74, 6) is 0.287. The first-order valence-corrected chi connectivity index (χ1v) is 12.5. The molecule has 1 fully saturated rings. The SMILES string of the molecule is C/C(=C\I)[C@@H]1CNC(C)(C)CCC[C@H](C)[C@H](C)[C@@H](C)C(=O)C(C)(C)[C@@H](O)CC(=O)N1. The normalized spacial score (nSPS) is 35.0. The number of amides is 1. The van der Waals surface area contributed by atoms with Crippen molar-refractivity contribution < 1.29 is 14.7 Å². The number of halogens is 1. The molecular formula is C24H43IN2O3. The summed E-state index contributed by atoms with van der Waals surface area (Å²) in [4.78, 5) is 26.0. The lowest BCUT2D eigenvalue weighted by atomic mass is 9.70. The highest BCUT2D eigenvalue weighted by Gasteiger charge is 2.41. The first kappa shape index (κ1) is 27.6. The maximum absolute atomic E-state index is 13.2. The van der Waals surface area contributed by atoms with Crippen LogP contribution in [0.5, 0.6) is 0 Å². The van der Waals surface area contributed by atoms with E-state index >= 15 is 0 Å². The average Bonchev–Trinajstić information content (AvgIpc) is 2.67. The van der Waals surface area contributed by atoms with Gasteiger partial charge in [0.15, 0.2) is 0 Å². The smallest absolute Gasteiger partial charge is 0.223 e. The number of nitrogens with one attached hydrogen (secondary N) is 2. The number of hydrogen-bond acceptors (Lipinski definition) is 4. The van der Waals surface area contributed by atoms with Crippen LogP contribution in [0, 0.1) is 23.2 Å². The number of aliphatic hydroxyl groups is 1. The van der Waals surface area contributed by atoms with Gasteiger partial charge in [0.05, 0.1) is 24.0 Å². The van der Waals surface area contributed by atoms with Crippen molar-refractivity contribution in [3.63, 3.8) is 0 Å². The molecule has 0 bridgehead atoms. The largest absolute Gasteiger partial charge is 0.392 e. The lowest BCUT2D eigenvalue weighted by Gasteiger charge is -2.36. The van der Waals surface area contributed by atoms with Crippen LogP contribution in [0.4, 0.5) is 0 Å². The third-order valence-corrected chi connectivity index (χ3v) is 8.23. The molecule has 0 spiro atoms. The van der Waals surface area contributed by atoms with E-state index in [1.54, 1.807) is 13.8 Å². The van der Waals surface area contributed by atoms with E-state index in [9.17, 15) is 14.7 Å². The van der Waals surface area contributed by atoms with Crippen LogP contribution >= 0.6 is 22.6 Å². The molecular weight excluding hydrogens is 491 g/mol. The molecule has 1 rings (SSSR count). The van der Waals surface area contributed by atoms with Crippen molar-refractivity contribution in [3.8, 4) is 0 Å². The van der Waals surface area contributed by atoms with Gasteiger partial charge < -0.3 is 15.7 Å². The van der Waals surface area contributed by atoms with Gasteiger partial charge in [-0.3, -0.25) is 9.59 Å². The second-order valence-corrected chi connectivity index (χ2v) is 11.2. The summed E-state index contributed by atoms with van der Waals surface area (Å²) in [6.45, 7) is 16.9. The molecule has 0 aromatic carbocycles. The van der Waals surface area contributed by atoms with Crippen molar-refractivity contribution in [1.82, 2.24) is 10.6 Å². The molecule has 1 amide bonds. The molecule has 1 aliphatic rings. The average molecular weight is 535 g/mol. The Bertz CT molecular complexity index is 630. The highest BCUT2D eigenvalue weighted by atomic mass is 127. The highest BCUT2D eigenvalue weighted by Crippen LogP contribution is 2.34. The van der Waals surface area contributed by atoms with Crippen molar-refractivity contribution in [2.75, 3.05) is 6.54 Å². The Hall–Kier alpha value is -0.470. The van der Waals surface area contributed by atoms with Crippen molar-refractivity contribution in [2.24, 2.45) is 23.2 Å². The fourth-order valence-electron chi connectivity index (χ4n) is 4.16. The summed E-state index contributed by atoms with van der Waals surface area (Å²) in [7, 11) is 0. The lowest BCUT2D eigenvalue weighted by Crippen LogP contribution is -2.51. The zero-order chi connectivity index (χ0) is 23.3. The molecule has 3 N–H and O–H groups in total. The van der Waals surface area contributed by atoms with Crippen molar-refractivity contribution >= 4 is 34.3 Å². The Morgan fingerprint density at radius 1 is 1.17 bits per heavy atom. The molecule has 0 unspecified atom stereocenters. The molecule has 174 valence electrons. The fraction of sp³-hybridized carbons (Fsp3) is 0.833. The lowest BCUT2D eigenvalue weighted by molar-refractivity contribution is -0.141. The third-order valence-electron chi connectivity index (χ3n) is 7.25. The molecule has 1 heterocycles. The van der Waals surface area contributed by atoms with Crippen LogP contribution < -0.4 is 10.6 Å². The van der Waals surface area contributed by atoms with E-state index in [1.165, 1.54) is 0 Å². The zero-order valence-corrected chi connectivity index (χ0v) is 22.3. The number of aliphatic hydroxyl groups excluding tert-OH is 1. The molecule has 0 aromatic heterocycles. The van der Waals surface area contributed by atoms with E-state index in [0.717, 1.165) is 24.8 Å². The third kappa shape index (κ3) is 7.59.